The second-order valence-electron chi connectivity index (χ2n) is 7.17. The SMILES string of the molecule is CC(C)(C)OC(=O)N(CCC(N)=O)NC(=O)CNC(=O)c1nc2ccccc2[nH]1. The number of carbonyl (C=O) groups is 4. The van der Waals surface area contributed by atoms with Gasteiger partial charge in [-0.05, 0) is 32.9 Å². The van der Waals surface area contributed by atoms with E-state index in [1.54, 1.807) is 45.0 Å². The van der Waals surface area contributed by atoms with E-state index in [1.165, 1.54) is 0 Å². The Balaban J connectivity index is 1.94. The highest BCUT2D eigenvalue weighted by Crippen LogP contribution is 2.10. The van der Waals surface area contributed by atoms with E-state index < -0.39 is 36.0 Å². The van der Waals surface area contributed by atoms with E-state index in [4.69, 9.17) is 10.5 Å². The minimum absolute atomic E-state index is 0.0525. The number of aromatic amines is 1. The summed E-state index contributed by atoms with van der Waals surface area (Å²) in [6, 6.07) is 7.10. The summed E-state index contributed by atoms with van der Waals surface area (Å²) in [4.78, 5) is 54.5. The van der Waals surface area contributed by atoms with E-state index in [0.717, 1.165) is 5.01 Å². The summed E-state index contributed by atoms with van der Waals surface area (Å²) in [5.41, 5.74) is 7.89. The molecule has 1 aromatic heterocycles. The monoisotopic (exact) mass is 404 g/mol. The van der Waals surface area contributed by atoms with Gasteiger partial charge in [-0.2, -0.15) is 0 Å². The van der Waals surface area contributed by atoms with Crippen molar-refractivity contribution in [2.75, 3.05) is 13.1 Å². The maximum Gasteiger partial charge on any atom is 0.429 e. The second kappa shape index (κ2) is 9.04. The van der Waals surface area contributed by atoms with Gasteiger partial charge in [0.15, 0.2) is 5.82 Å². The summed E-state index contributed by atoms with van der Waals surface area (Å²) in [6.07, 6.45) is -1.03. The number of nitrogens with two attached hydrogens (primary N) is 1. The van der Waals surface area contributed by atoms with Crippen LogP contribution in [-0.4, -0.2) is 57.5 Å². The van der Waals surface area contributed by atoms with Gasteiger partial charge in [0.25, 0.3) is 11.8 Å². The van der Waals surface area contributed by atoms with E-state index in [-0.39, 0.29) is 18.8 Å². The van der Waals surface area contributed by atoms with Crippen LogP contribution in [0.15, 0.2) is 24.3 Å². The van der Waals surface area contributed by atoms with Gasteiger partial charge in [-0.25, -0.2) is 14.8 Å². The number of rotatable bonds is 6. The van der Waals surface area contributed by atoms with E-state index >= 15 is 0 Å². The van der Waals surface area contributed by atoms with Gasteiger partial charge in [-0.15, -0.1) is 0 Å². The average molecular weight is 404 g/mol. The number of amides is 4. The predicted molar refractivity (Wildman–Crippen MR) is 103 cm³/mol. The van der Waals surface area contributed by atoms with Crippen LogP contribution >= 0.6 is 0 Å². The molecular formula is C18H24N6O5. The van der Waals surface area contributed by atoms with Crippen LogP contribution in [0.3, 0.4) is 0 Å². The highest BCUT2D eigenvalue weighted by molar-refractivity contribution is 5.96. The molecule has 0 aliphatic rings. The highest BCUT2D eigenvalue weighted by Gasteiger charge is 2.24. The maximum atomic E-state index is 12.2. The van der Waals surface area contributed by atoms with Crippen molar-refractivity contribution in [1.82, 2.24) is 25.7 Å². The van der Waals surface area contributed by atoms with Crippen molar-refractivity contribution in [2.45, 2.75) is 32.8 Å². The molecule has 156 valence electrons. The Morgan fingerprint density at radius 1 is 1.21 bits per heavy atom. The number of H-pyrrole nitrogens is 1. The van der Waals surface area contributed by atoms with Crippen LogP contribution in [-0.2, 0) is 14.3 Å². The lowest BCUT2D eigenvalue weighted by Crippen LogP contribution is -2.51. The fraction of sp³-hybridized carbons (Fsp3) is 0.389. The Bertz CT molecular complexity index is 884. The molecule has 4 amide bonds. The molecule has 0 radical (unpaired) electrons. The molecule has 1 aromatic carbocycles. The van der Waals surface area contributed by atoms with Gasteiger partial charge in [-0.3, -0.25) is 19.8 Å². The Hall–Kier alpha value is -3.63. The summed E-state index contributed by atoms with van der Waals surface area (Å²) in [6.45, 7) is 4.38. The molecule has 0 atom stereocenters. The number of imidazole rings is 1. The Labute approximate surface area is 166 Å². The summed E-state index contributed by atoms with van der Waals surface area (Å²) in [5.74, 6) is -1.87. The highest BCUT2D eigenvalue weighted by atomic mass is 16.6. The van der Waals surface area contributed by atoms with Crippen molar-refractivity contribution in [3.8, 4) is 0 Å². The minimum Gasteiger partial charge on any atom is -0.442 e. The molecule has 0 saturated heterocycles. The number of aromatic nitrogens is 2. The number of hydrazine groups is 1. The number of benzene rings is 1. The van der Waals surface area contributed by atoms with Gasteiger partial charge in [0.1, 0.15) is 5.60 Å². The fourth-order valence-electron chi connectivity index (χ4n) is 2.23. The molecular weight excluding hydrogens is 380 g/mol. The van der Waals surface area contributed by atoms with Crippen LogP contribution in [0.4, 0.5) is 4.79 Å². The van der Waals surface area contributed by atoms with Crippen molar-refractivity contribution >= 4 is 34.8 Å². The number of nitrogens with one attached hydrogen (secondary N) is 3. The largest absolute Gasteiger partial charge is 0.442 e. The third-order valence-corrected chi connectivity index (χ3v) is 3.47. The molecule has 0 aliphatic heterocycles. The third kappa shape index (κ3) is 6.79. The van der Waals surface area contributed by atoms with Crippen LogP contribution < -0.4 is 16.5 Å². The molecule has 11 heteroatoms. The fourth-order valence-corrected chi connectivity index (χ4v) is 2.23. The van der Waals surface area contributed by atoms with Crippen molar-refractivity contribution in [2.24, 2.45) is 5.73 Å². The topological polar surface area (TPSA) is 160 Å². The van der Waals surface area contributed by atoms with Crippen molar-refractivity contribution in [3.63, 3.8) is 0 Å². The standard InChI is InChI=1S/C18H24N6O5/c1-18(2,3)29-17(28)24(9-8-13(19)25)23-14(26)10-20-16(27)15-21-11-6-4-5-7-12(11)22-15/h4-7H,8-10H2,1-3H3,(H2,19,25)(H,20,27)(H,21,22)(H,23,26). The number of ether oxygens (including phenoxy) is 1. The van der Waals surface area contributed by atoms with E-state index in [2.05, 4.69) is 20.7 Å². The first-order valence-electron chi connectivity index (χ1n) is 8.86. The van der Waals surface area contributed by atoms with Crippen LogP contribution in [0.2, 0.25) is 0 Å². The van der Waals surface area contributed by atoms with Crippen molar-refractivity contribution in [3.05, 3.63) is 30.1 Å². The van der Waals surface area contributed by atoms with Gasteiger partial charge in [0.05, 0.1) is 24.1 Å². The van der Waals surface area contributed by atoms with Gasteiger partial charge >= 0.3 is 6.09 Å². The van der Waals surface area contributed by atoms with Gasteiger partial charge in [0.2, 0.25) is 5.91 Å². The molecule has 29 heavy (non-hydrogen) atoms. The lowest BCUT2D eigenvalue weighted by molar-refractivity contribution is -0.126. The first-order valence-corrected chi connectivity index (χ1v) is 8.86. The molecule has 5 N–H and O–H groups in total. The molecule has 1 heterocycles. The lowest BCUT2D eigenvalue weighted by Gasteiger charge is -2.27. The number of nitrogens with zero attached hydrogens (tertiary/aromatic N) is 2. The van der Waals surface area contributed by atoms with Crippen LogP contribution in [0, 0.1) is 0 Å². The maximum absolute atomic E-state index is 12.2. The number of primary amides is 1. The van der Waals surface area contributed by atoms with E-state index in [9.17, 15) is 19.2 Å². The van der Waals surface area contributed by atoms with E-state index in [1.807, 2.05) is 0 Å². The molecule has 0 spiro atoms. The smallest absolute Gasteiger partial charge is 0.429 e. The first-order chi connectivity index (χ1) is 13.5. The second-order valence-corrected chi connectivity index (χ2v) is 7.17. The molecule has 11 nitrogen and oxygen atoms in total. The molecule has 0 unspecified atom stereocenters. The van der Waals surface area contributed by atoms with Crippen molar-refractivity contribution < 1.29 is 23.9 Å². The number of carbonyl (C=O) groups excluding carboxylic acids is 4. The summed E-state index contributed by atoms with van der Waals surface area (Å²) >= 11 is 0. The molecule has 2 aromatic rings. The zero-order valence-electron chi connectivity index (χ0n) is 16.4. The summed E-state index contributed by atoms with van der Waals surface area (Å²) in [7, 11) is 0. The predicted octanol–water partition coefficient (Wildman–Crippen LogP) is 0.436. The molecule has 0 saturated carbocycles. The normalized spacial score (nSPS) is 11.0. The van der Waals surface area contributed by atoms with Gasteiger partial charge in [-0.1, -0.05) is 12.1 Å². The summed E-state index contributed by atoms with van der Waals surface area (Å²) < 4.78 is 5.18. The average Bonchev–Trinajstić information content (AvgIpc) is 3.05. The summed E-state index contributed by atoms with van der Waals surface area (Å²) in [5, 5.41) is 3.24. The Morgan fingerprint density at radius 2 is 1.90 bits per heavy atom. The van der Waals surface area contributed by atoms with Crippen LogP contribution in [0.25, 0.3) is 11.0 Å². The van der Waals surface area contributed by atoms with Gasteiger partial charge < -0.3 is 20.8 Å². The first kappa shape index (κ1) is 21.7. The molecule has 0 fully saturated rings. The van der Waals surface area contributed by atoms with E-state index in [0.29, 0.717) is 11.0 Å². The number of fused-ring (bicyclic) bond motifs is 1. The van der Waals surface area contributed by atoms with Crippen molar-refractivity contribution in [1.29, 1.82) is 0 Å². The minimum atomic E-state index is -0.851. The molecule has 0 bridgehead atoms. The quantitative estimate of drug-likeness (QED) is 0.511. The third-order valence-electron chi connectivity index (χ3n) is 3.47. The molecule has 0 aliphatic carbocycles. The van der Waals surface area contributed by atoms with Crippen LogP contribution in [0.1, 0.15) is 37.8 Å². The lowest BCUT2D eigenvalue weighted by atomic mass is 10.2. The zero-order valence-corrected chi connectivity index (χ0v) is 16.4. The number of hydrogen-bond acceptors (Lipinski definition) is 6. The number of para-hydroxylation sites is 2. The Morgan fingerprint density at radius 3 is 2.52 bits per heavy atom. The number of hydrogen-bond donors (Lipinski definition) is 4. The van der Waals surface area contributed by atoms with Crippen LogP contribution in [0.5, 0.6) is 0 Å². The van der Waals surface area contributed by atoms with Gasteiger partial charge in [0, 0.05) is 6.42 Å². The molecule has 2 rings (SSSR count). The Kier molecular flexibility index (Phi) is 6.75. The zero-order chi connectivity index (χ0) is 21.6.